The summed E-state index contributed by atoms with van der Waals surface area (Å²) in [5, 5.41) is 10.1. The van der Waals surface area contributed by atoms with E-state index >= 15 is 0 Å². The SMILES string of the molecule is Cc1nnc(C(=O)N2C[C@H]3COc4c(cn(C)c4C(=O)Nc4ccc(F)c(C)c4)S(=O)(=O)N[C@@H]3C2)o1. The van der Waals surface area contributed by atoms with Crippen molar-refractivity contribution in [2.45, 2.75) is 24.8 Å². The van der Waals surface area contributed by atoms with E-state index in [-0.39, 0.29) is 47.8 Å². The maximum Gasteiger partial charge on any atom is 0.311 e. The molecule has 1 fully saturated rings. The second kappa shape index (κ2) is 8.71. The molecule has 5 rings (SSSR count). The summed E-state index contributed by atoms with van der Waals surface area (Å²) in [6, 6.07) is 3.49. The second-order valence-corrected chi connectivity index (χ2v) is 10.5. The number of hydrogen-bond donors (Lipinski definition) is 2. The van der Waals surface area contributed by atoms with E-state index in [1.165, 1.54) is 40.9 Å². The van der Waals surface area contributed by atoms with Gasteiger partial charge in [0.15, 0.2) is 11.4 Å². The summed E-state index contributed by atoms with van der Waals surface area (Å²) < 4.78 is 55.2. The van der Waals surface area contributed by atoms with E-state index in [1.807, 2.05) is 0 Å². The number of fused-ring (bicyclic) bond motifs is 2. The molecule has 4 heterocycles. The van der Waals surface area contributed by atoms with Crippen molar-refractivity contribution < 1.29 is 31.6 Å². The molecule has 2 aliphatic heterocycles. The zero-order chi connectivity index (χ0) is 25.8. The summed E-state index contributed by atoms with van der Waals surface area (Å²) in [7, 11) is -2.57. The van der Waals surface area contributed by atoms with Crippen molar-refractivity contribution in [2.24, 2.45) is 13.0 Å². The van der Waals surface area contributed by atoms with E-state index < -0.39 is 39.6 Å². The Morgan fingerprint density at radius 1 is 1.22 bits per heavy atom. The van der Waals surface area contributed by atoms with E-state index in [9.17, 15) is 22.4 Å². The topological polar surface area (TPSA) is 149 Å². The molecule has 1 aromatic carbocycles. The molecule has 0 unspecified atom stereocenters. The van der Waals surface area contributed by atoms with Crippen LogP contribution in [0.15, 0.2) is 33.7 Å². The molecule has 2 aliphatic rings. The molecule has 2 amide bonds. The van der Waals surface area contributed by atoms with Gasteiger partial charge in [0, 0.05) is 50.9 Å². The minimum absolute atomic E-state index is 0.0110. The van der Waals surface area contributed by atoms with Gasteiger partial charge >= 0.3 is 11.8 Å². The number of aromatic nitrogens is 3. The van der Waals surface area contributed by atoms with Crippen molar-refractivity contribution in [3.63, 3.8) is 0 Å². The monoisotopic (exact) mass is 518 g/mol. The van der Waals surface area contributed by atoms with Crippen molar-refractivity contribution in [1.82, 2.24) is 24.4 Å². The second-order valence-electron chi connectivity index (χ2n) is 8.84. The van der Waals surface area contributed by atoms with Crippen molar-refractivity contribution in [1.29, 1.82) is 0 Å². The molecule has 0 bridgehead atoms. The third kappa shape index (κ3) is 4.22. The minimum atomic E-state index is -4.10. The van der Waals surface area contributed by atoms with Gasteiger partial charge in [-0.25, -0.2) is 17.5 Å². The van der Waals surface area contributed by atoms with Crippen molar-refractivity contribution in [3.8, 4) is 5.75 Å². The molecule has 0 radical (unpaired) electrons. The summed E-state index contributed by atoms with van der Waals surface area (Å²) in [5.41, 5.74) is 0.685. The number of carbonyl (C=O) groups excluding carboxylic acids is 2. The first-order valence-electron chi connectivity index (χ1n) is 11.0. The zero-order valence-electron chi connectivity index (χ0n) is 19.6. The average Bonchev–Trinajstić information content (AvgIpc) is 3.50. The Morgan fingerprint density at radius 3 is 2.69 bits per heavy atom. The quantitative estimate of drug-likeness (QED) is 0.526. The highest BCUT2D eigenvalue weighted by Crippen LogP contribution is 2.35. The number of ether oxygens (including phenoxy) is 1. The molecule has 14 heteroatoms. The van der Waals surface area contributed by atoms with Crippen LogP contribution in [0.2, 0.25) is 0 Å². The molecule has 0 spiro atoms. The van der Waals surface area contributed by atoms with Crippen LogP contribution in [0.1, 0.15) is 32.6 Å². The molecule has 12 nitrogen and oxygen atoms in total. The number of amides is 2. The van der Waals surface area contributed by atoms with Crippen LogP contribution in [0.4, 0.5) is 10.1 Å². The van der Waals surface area contributed by atoms with Crippen LogP contribution in [0, 0.1) is 25.6 Å². The minimum Gasteiger partial charge on any atom is -0.489 e. The third-order valence-corrected chi connectivity index (χ3v) is 7.69. The maximum atomic E-state index is 13.6. The molecule has 0 aliphatic carbocycles. The summed E-state index contributed by atoms with van der Waals surface area (Å²) >= 11 is 0. The van der Waals surface area contributed by atoms with Crippen LogP contribution in [0.3, 0.4) is 0 Å². The standard InChI is InChI=1S/C22H23FN6O6S/c1-11-6-14(4-5-15(11)23)24-20(30)18-19-17(9-28(18)3)36(32,33)27-16-8-29(7-13(16)10-34-19)22(31)21-26-25-12(2)35-21/h4-6,9,13,16,27H,7-8,10H2,1-3H3,(H,24,30)/t13-,16+/m0/s1. The van der Waals surface area contributed by atoms with Crippen molar-refractivity contribution in [2.75, 3.05) is 25.0 Å². The average molecular weight is 519 g/mol. The van der Waals surface area contributed by atoms with Gasteiger partial charge in [0.05, 0.1) is 6.61 Å². The van der Waals surface area contributed by atoms with Gasteiger partial charge in [0.1, 0.15) is 10.7 Å². The molecular weight excluding hydrogens is 495 g/mol. The van der Waals surface area contributed by atoms with Gasteiger partial charge < -0.3 is 23.9 Å². The van der Waals surface area contributed by atoms with Gasteiger partial charge in [0.2, 0.25) is 15.9 Å². The molecule has 1 saturated heterocycles. The molecule has 2 N–H and O–H groups in total. The van der Waals surface area contributed by atoms with Gasteiger partial charge in [-0.05, 0) is 30.7 Å². The largest absolute Gasteiger partial charge is 0.489 e. The molecule has 3 aromatic rings. The number of hydrogen-bond acceptors (Lipinski definition) is 8. The van der Waals surface area contributed by atoms with Crippen LogP contribution in [0.25, 0.3) is 0 Å². The number of carbonyl (C=O) groups is 2. The lowest BCUT2D eigenvalue weighted by Crippen LogP contribution is -2.43. The Balaban J connectivity index is 1.41. The lowest BCUT2D eigenvalue weighted by Gasteiger charge is -2.23. The molecule has 36 heavy (non-hydrogen) atoms. The Morgan fingerprint density at radius 2 is 2.00 bits per heavy atom. The van der Waals surface area contributed by atoms with Crippen molar-refractivity contribution >= 4 is 27.5 Å². The van der Waals surface area contributed by atoms with Gasteiger partial charge in [-0.2, -0.15) is 0 Å². The number of rotatable bonds is 3. The Kier molecular flexibility index (Phi) is 5.79. The fourth-order valence-electron chi connectivity index (χ4n) is 4.39. The zero-order valence-corrected chi connectivity index (χ0v) is 20.4. The predicted molar refractivity (Wildman–Crippen MR) is 123 cm³/mol. The van der Waals surface area contributed by atoms with Crippen LogP contribution in [-0.2, 0) is 17.1 Å². The number of nitrogens with zero attached hydrogens (tertiary/aromatic N) is 4. The van der Waals surface area contributed by atoms with E-state index in [1.54, 1.807) is 13.8 Å². The van der Waals surface area contributed by atoms with Crippen LogP contribution in [0.5, 0.6) is 5.75 Å². The van der Waals surface area contributed by atoms with Crippen LogP contribution < -0.4 is 14.8 Å². The molecule has 0 saturated carbocycles. The lowest BCUT2D eigenvalue weighted by molar-refractivity contribution is 0.0741. The van der Waals surface area contributed by atoms with Crippen LogP contribution in [-0.4, -0.2) is 65.6 Å². The summed E-state index contributed by atoms with van der Waals surface area (Å²) in [5.74, 6) is -1.96. The molecule has 190 valence electrons. The Hall–Kier alpha value is -3.78. The summed E-state index contributed by atoms with van der Waals surface area (Å²) in [4.78, 5) is 27.1. The van der Waals surface area contributed by atoms with Gasteiger partial charge in [-0.3, -0.25) is 9.59 Å². The first-order chi connectivity index (χ1) is 17.0. The fraction of sp³-hybridized carbons (Fsp3) is 0.364. The molecule has 2 atom stereocenters. The number of halogens is 1. The normalized spacial score (nSPS) is 20.6. The number of likely N-dealkylation sites (tertiary alicyclic amines) is 1. The fourth-order valence-corrected chi connectivity index (χ4v) is 5.88. The molecule has 2 aromatic heterocycles. The lowest BCUT2D eigenvalue weighted by atomic mass is 10.1. The number of anilines is 1. The van der Waals surface area contributed by atoms with Crippen LogP contribution >= 0.6 is 0 Å². The first-order valence-corrected chi connectivity index (χ1v) is 12.5. The number of sulfonamides is 1. The van der Waals surface area contributed by atoms with Gasteiger partial charge in [-0.1, -0.05) is 0 Å². The number of benzene rings is 1. The highest BCUT2D eigenvalue weighted by molar-refractivity contribution is 7.89. The summed E-state index contributed by atoms with van der Waals surface area (Å²) in [6.45, 7) is 3.45. The highest BCUT2D eigenvalue weighted by Gasteiger charge is 2.43. The predicted octanol–water partition coefficient (Wildman–Crippen LogP) is 1.23. The third-order valence-electron chi connectivity index (χ3n) is 6.21. The van der Waals surface area contributed by atoms with E-state index in [4.69, 9.17) is 9.15 Å². The smallest absolute Gasteiger partial charge is 0.311 e. The van der Waals surface area contributed by atoms with E-state index in [2.05, 4.69) is 20.2 Å². The van der Waals surface area contributed by atoms with Crippen molar-refractivity contribution in [3.05, 3.63) is 53.3 Å². The van der Waals surface area contributed by atoms with Gasteiger partial charge in [0.25, 0.3) is 5.91 Å². The van der Waals surface area contributed by atoms with E-state index in [0.29, 0.717) is 11.3 Å². The maximum absolute atomic E-state index is 13.6. The number of aryl methyl sites for hydroxylation is 3. The summed E-state index contributed by atoms with van der Waals surface area (Å²) in [6.07, 6.45) is 1.29. The Bertz CT molecular complexity index is 1480. The number of nitrogens with one attached hydrogen (secondary N) is 2. The van der Waals surface area contributed by atoms with E-state index in [0.717, 1.165) is 0 Å². The van der Waals surface area contributed by atoms with Gasteiger partial charge in [-0.15, -0.1) is 10.2 Å². The Labute approximate surface area is 205 Å². The highest BCUT2D eigenvalue weighted by atomic mass is 32.2. The molecular formula is C22H23FN6O6S. The first kappa shape index (κ1) is 23.9.